The maximum absolute atomic E-state index is 12.0. The van der Waals surface area contributed by atoms with Gasteiger partial charge in [0.2, 0.25) is 0 Å². The monoisotopic (exact) mass is 318 g/mol. The van der Waals surface area contributed by atoms with Gasteiger partial charge in [0, 0.05) is 4.47 Å². The van der Waals surface area contributed by atoms with Crippen LogP contribution in [0.4, 0.5) is 0 Å². The van der Waals surface area contributed by atoms with Crippen molar-refractivity contribution in [3.05, 3.63) is 28.2 Å². The van der Waals surface area contributed by atoms with Crippen molar-refractivity contribution in [1.82, 2.24) is 0 Å². The van der Waals surface area contributed by atoms with E-state index in [9.17, 15) is 8.42 Å². The third-order valence-corrected chi connectivity index (χ3v) is 5.44. The van der Waals surface area contributed by atoms with Crippen LogP contribution in [0.2, 0.25) is 0 Å². The van der Waals surface area contributed by atoms with Crippen LogP contribution < -0.4 is 0 Å². The number of aryl methyl sites for hydroxylation is 1. The molecular weight excluding hydrogens is 300 g/mol. The summed E-state index contributed by atoms with van der Waals surface area (Å²) in [6.45, 7) is 4.02. The first-order valence-electron chi connectivity index (χ1n) is 5.96. The second-order valence-electron chi connectivity index (χ2n) is 4.29. The molecule has 0 fully saturated rings. The molecule has 0 heterocycles. The molecule has 0 aliphatic rings. The Morgan fingerprint density at radius 2 is 1.88 bits per heavy atom. The second-order valence-corrected chi connectivity index (χ2v) is 7.25. The first kappa shape index (κ1) is 14.7. The third-order valence-electron chi connectivity index (χ3n) is 2.76. The van der Waals surface area contributed by atoms with E-state index in [4.69, 9.17) is 0 Å². The molecule has 2 nitrogen and oxygen atoms in total. The lowest BCUT2D eigenvalue weighted by Gasteiger charge is -2.06. The average molecular weight is 319 g/mol. The van der Waals surface area contributed by atoms with E-state index in [1.807, 2.05) is 6.92 Å². The van der Waals surface area contributed by atoms with Gasteiger partial charge in [0.1, 0.15) is 0 Å². The highest BCUT2D eigenvalue weighted by Crippen LogP contribution is 2.21. The van der Waals surface area contributed by atoms with Crippen molar-refractivity contribution in [3.63, 3.8) is 0 Å². The normalized spacial score (nSPS) is 11.7. The molecule has 1 aromatic carbocycles. The molecule has 0 amide bonds. The molecule has 0 atom stereocenters. The molecular formula is C13H19BrO2S. The topological polar surface area (TPSA) is 34.1 Å². The summed E-state index contributed by atoms with van der Waals surface area (Å²) in [7, 11) is -3.10. The molecule has 0 saturated heterocycles. The molecule has 0 bridgehead atoms. The van der Waals surface area contributed by atoms with E-state index in [1.54, 1.807) is 18.2 Å². The molecule has 0 aliphatic carbocycles. The first-order valence-corrected chi connectivity index (χ1v) is 8.41. The van der Waals surface area contributed by atoms with Crippen LogP contribution in [-0.4, -0.2) is 14.2 Å². The van der Waals surface area contributed by atoms with E-state index in [1.165, 1.54) is 0 Å². The molecule has 4 heteroatoms. The maximum atomic E-state index is 12.0. The van der Waals surface area contributed by atoms with Gasteiger partial charge in [-0.1, -0.05) is 42.1 Å². The van der Waals surface area contributed by atoms with Gasteiger partial charge in [-0.3, -0.25) is 0 Å². The number of hydrogen-bond acceptors (Lipinski definition) is 2. The number of halogens is 1. The fraction of sp³-hybridized carbons (Fsp3) is 0.538. The molecule has 0 saturated carbocycles. The summed E-state index contributed by atoms with van der Waals surface area (Å²) in [4.78, 5) is 0.440. The Labute approximate surface area is 112 Å². The highest BCUT2D eigenvalue weighted by molar-refractivity contribution is 9.10. The first-order chi connectivity index (χ1) is 7.97. The number of unbranched alkanes of at least 4 members (excludes halogenated alkanes) is 3. The molecule has 1 aromatic rings. The van der Waals surface area contributed by atoms with Crippen LogP contribution in [-0.2, 0) is 9.84 Å². The van der Waals surface area contributed by atoms with Gasteiger partial charge in [-0.15, -0.1) is 0 Å². The molecule has 17 heavy (non-hydrogen) atoms. The van der Waals surface area contributed by atoms with Gasteiger partial charge in [0.05, 0.1) is 10.6 Å². The van der Waals surface area contributed by atoms with Gasteiger partial charge in [0.15, 0.2) is 9.84 Å². The quantitative estimate of drug-likeness (QED) is 0.740. The molecule has 0 aliphatic heterocycles. The number of sulfone groups is 1. The van der Waals surface area contributed by atoms with Gasteiger partial charge in [-0.25, -0.2) is 8.42 Å². The lowest BCUT2D eigenvalue weighted by Crippen LogP contribution is -2.07. The summed E-state index contributed by atoms with van der Waals surface area (Å²) in [5.74, 6) is 0.258. The zero-order chi connectivity index (χ0) is 12.9. The van der Waals surface area contributed by atoms with E-state index in [0.717, 1.165) is 35.7 Å². The zero-order valence-electron chi connectivity index (χ0n) is 10.4. The third kappa shape index (κ3) is 4.43. The van der Waals surface area contributed by atoms with Gasteiger partial charge < -0.3 is 0 Å². The van der Waals surface area contributed by atoms with E-state index in [0.29, 0.717) is 4.90 Å². The minimum absolute atomic E-state index is 0.258. The second kappa shape index (κ2) is 6.55. The van der Waals surface area contributed by atoms with E-state index in [-0.39, 0.29) is 5.75 Å². The van der Waals surface area contributed by atoms with Gasteiger partial charge in [-0.05, 0) is 37.1 Å². The SMILES string of the molecule is CCCCCCS(=O)(=O)c1ccc(Br)c(C)c1. The fourth-order valence-electron chi connectivity index (χ4n) is 1.65. The number of hydrogen-bond donors (Lipinski definition) is 0. The lowest BCUT2D eigenvalue weighted by atomic mass is 10.2. The highest BCUT2D eigenvalue weighted by atomic mass is 79.9. The van der Waals surface area contributed by atoms with Crippen molar-refractivity contribution >= 4 is 25.8 Å². The van der Waals surface area contributed by atoms with Crippen molar-refractivity contribution in [2.75, 3.05) is 5.75 Å². The highest BCUT2D eigenvalue weighted by Gasteiger charge is 2.14. The van der Waals surface area contributed by atoms with Crippen LogP contribution in [0.15, 0.2) is 27.6 Å². The molecule has 0 N–H and O–H groups in total. The van der Waals surface area contributed by atoms with Crippen LogP contribution in [0.25, 0.3) is 0 Å². The van der Waals surface area contributed by atoms with Crippen LogP contribution in [0.1, 0.15) is 38.2 Å². The minimum atomic E-state index is -3.10. The Morgan fingerprint density at radius 1 is 1.18 bits per heavy atom. The maximum Gasteiger partial charge on any atom is 0.178 e. The van der Waals surface area contributed by atoms with Gasteiger partial charge in [0.25, 0.3) is 0 Å². The lowest BCUT2D eigenvalue weighted by molar-refractivity contribution is 0.589. The molecule has 0 spiro atoms. The molecule has 0 unspecified atom stereocenters. The average Bonchev–Trinajstić information content (AvgIpc) is 2.28. The van der Waals surface area contributed by atoms with Crippen molar-refractivity contribution in [1.29, 1.82) is 0 Å². The molecule has 0 aromatic heterocycles. The predicted octanol–water partition coefficient (Wildman–Crippen LogP) is 4.11. The van der Waals surface area contributed by atoms with Gasteiger partial charge in [-0.2, -0.15) is 0 Å². The van der Waals surface area contributed by atoms with Gasteiger partial charge >= 0.3 is 0 Å². The zero-order valence-corrected chi connectivity index (χ0v) is 12.8. The Morgan fingerprint density at radius 3 is 2.47 bits per heavy atom. The summed E-state index contributed by atoms with van der Waals surface area (Å²) < 4.78 is 25.0. The number of rotatable bonds is 6. The summed E-state index contributed by atoms with van der Waals surface area (Å²) in [6.07, 6.45) is 3.98. The number of benzene rings is 1. The van der Waals surface area contributed by atoms with Crippen LogP contribution in [0.5, 0.6) is 0 Å². The summed E-state index contributed by atoms with van der Waals surface area (Å²) in [5.41, 5.74) is 0.958. The fourth-order valence-corrected chi connectivity index (χ4v) is 3.35. The van der Waals surface area contributed by atoms with E-state index in [2.05, 4.69) is 22.9 Å². The largest absolute Gasteiger partial charge is 0.224 e. The molecule has 1 rings (SSSR count). The standard InChI is InChI=1S/C13H19BrO2S/c1-3-4-5-6-9-17(15,16)12-7-8-13(14)11(2)10-12/h7-8,10H,3-6,9H2,1-2H3. The minimum Gasteiger partial charge on any atom is -0.224 e. The van der Waals surface area contributed by atoms with E-state index >= 15 is 0 Å². The smallest absolute Gasteiger partial charge is 0.178 e. The van der Waals surface area contributed by atoms with Crippen molar-refractivity contribution in [2.24, 2.45) is 0 Å². The Kier molecular flexibility index (Phi) is 5.67. The van der Waals surface area contributed by atoms with Crippen LogP contribution in [0, 0.1) is 6.92 Å². The van der Waals surface area contributed by atoms with Crippen LogP contribution in [0.3, 0.4) is 0 Å². The predicted molar refractivity (Wildman–Crippen MR) is 75.1 cm³/mol. The summed E-state index contributed by atoms with van der Waals surface area (Å²) in [6, 6.07) is 5.21. The van der Waals surface area contributed by atoms with E-state index < -0.39 is 9.84 Å². The van der Waals surface area contributed by atoms with Crippen LogP contribution >= 0.6 is 15.9 Å². The Balaban J connectivity index is 2.72. The van der Waals surface area contributed by atoms with Crippen molar-refractivity contribution in [2.45, 2.75) is 44.4 Å². The Bertz CT molecular complexity index is 466. The summed E-state index contributed by atoms with van der Waals surface area (Å²) in [5, 5.41) is 0. The Hall–Kier alpha value is -0.350. The van der Waals surface area contributed by atoms with Crippen molar-refractivity contribution < 1.29 is 8.42 Å². The van der Waals surface area contributed by atoms with Crippen molar-refractivity contribution in [3.8, 4) is 0 Å². The summed E-state index contributed by atoms with van der Waals surface area (Å²) >= 11 is 3.37. The molecule has 96 valence electrons. The molecule has 0 radical (unpaired) electrons.